The minimum absolute atomic E-state index is 0.0834. The number of likely N-dealkylation sites (N-methyl/N-ethyl adjacent to an activating group) is 1. The fraction of sp³-hybridized carbons (Fsp3) is 0.909. The fourth-order valence-corrected chi connectivity index (χ4v) is 1.72. The summed E-state index contributed by atoms with van der Waals surface area (Å²) in [6, 6.07) is 0.300. The molecule has 0 fully saturated rings. The maximum absolute atomic E-state index is 11.6. The number of carbonyl (C=O) groups excluding carboxylic acids is 1. The molecule has 1 unspecified atom stereocenters. The van der Waals surface area contributed by atoms with Gasteiger partial charge in [-0.3, -0.25) is 9.69 Å². The van der Waals surface area contributed by atoms with Crippen LogP contribution in [0.5, 0.6) is 0 Å². The lowest BCUT2D eigenvalue weighted by molar-refractivity contribution is -0.150. The van der Waals surface area contributed by atoms with Crippen LogP contribution in [0, 0.1) is 0 Å². The SMILES string of the molecule is CCOC(=O)C(CC)N(CC)C(C)C. The van der Waals surface area contributed by atoms with E-state index >= 15 is 0 Å². The molecule has 0 saturated heterocycles. The van der Waals surface area contributed by atoms with Gasteiger partial charge in [-0.25, -0.2) is 0 Å². The molecule has 0 spiro atoms. The Labute approximate surface area is 87.4 Å². The average molecular weight is 201 g/mol. The monoisotopic (exact) mass is 201 g/mol. The molecule has 0 aliphatic rings. The summed E-state index contributed by atoms with van der Waals surface area (Å²) in [5, 5.41) is 0. The topological polar surface area (TPSA) is 29.5 Å². The average Bonchev–Trinajstić information content (AvgIpc) is 2.13. The summed E-state index contributed by atoms with van der Waals surface area (Å²) in [6.07, 6.45) is 0.810. The van der Waals surface area contributed by atoms with E-state index < -0.39 is 0 Å². The lowest BCUT2D eigenvalue weighted by Gasteiger charge is -2.31. The van der Waals surface area contributed by atoms with Crippen LogP contribution in [0.3, 0.4) is 0 Å². The molecule has 0 aliphatic heterocycles. The Balaban J connectivity index is 4.42. The van der Waals surface area contributed by atoms with Crippen LogP contribution in [-0.4, -0.2) is 36.1 Å². The summed E-state index contributed by atoms with van der Waals surface area (Å²) in [7, 11) is 0. The van der Waals surface area contributed by atoms with E-state index in [2.05, 4.69) is 25.7 Å². The Morgan fingerprint density at radius 2 is 1.86 bits per heavy atom. The van der Waals surface area contributed by atoms with E-state index in [1.807, 2.05) is 13.8 Å². The van der Waals surface area contributed by atoms with Crippen molar-refractivity contribution in [3.63, 3.8) is 0 Å². The first-order valence-corrected chi connectivity index (χ1v) is 5.50. The van der Waals surface area contributed by atoms with Crippen LogP contribution in [0.1, 0.15) is 41.0 Å². The predicted octanol–water partition coefficient (Wildman–Crippen LogP) is 2.06. The van der Waals surface area contributed by atoms with Gasteiger partial charge >= 0.3 is 5.97 Å². The number of carbonyl (C=O) groups is 1. The first-order valence-electron chi connectivity index (χ1n) is 5.50. The molecule has 0 amide bonds. The number of rotatable bonds is 6. The molecular weight excluding hydrogens is 178 g/mol. The lowest BCUT2D eigenvalue weighted by Crippen LogP contribution is -2.45. The molecule has 3 heteroatoms. The predicted molar refractivity (Wildman–Crippen MR) is 58.2 cm³/mol. The molecule has 0 aliphatic carbocycles. The van der Waals surface area contributed by atoms with Crippen molar-refractivity contribution in [2.75, 3.05) is 13.2 Å². The minimum Gasteiger partial charge on any atom is -0.465 e. The van der Waals surface area contributed by atoms with Gasteiger partial charge in [-0.1, -0.05) is 13.8 Å². The van der Waals surface area contributed by atoms with Gasteiger partial charge in [-0.15, -0.1) is 0 Å². The van der Waals surface area contributed by atoms with Crippen LogP contribution in [-0.2, 0) is 9.53 Å². The molecule has 0 radical (unpaired) electrons. The molecule has 0 saturated carbocycles. The van der Waals surface area contributed by atoms with Gasteiger partial charge in [0.05, 0.1) is 6.61 Å². The highest BCUT2D eigenvalue weighted by Gasteiger charge is 2.25. The number of esters is 1. The Morgan fingerprint density at radius 1 is 1.29 bits per heavy atom. The lowest BCUT2D eigenvalue weighted by atomic mass is 10.1. The molecule has 1 atom stereocenters. The summed E-state index contributed by atoms with van der Waals surface area (Å²) < 4.78 is 5.05. The first-order chi connectivity index (χ1) is 6.58. The van der Waals surface area contributed by atoms with Gasteiger partial charge in [0.2, 0.25) is 0 Å². The maximum Gasteiger partial charge on any atom is 0.323 e. The first kappa shape index (κ1) is 13.4. The summed E-state index contributed by atoms with van der Waals surface area (Å²) in [5.41, 5.74) is 0. The molecule has 0 aromatic rings. The van der Waals surface area contributed by atoms with Crippen LogP contribution in [0.4, 0.5) is 0 Å². The fourth-order valence-electron chi connectivity index (χ4n) is 1.72. The Bertz CT molecular complexity index is 169. The molecule has 84 valence electrons. The highest BCUT2D eigenvalue weighted by atomic mass is 16.5. The van der Waals surface area contributed by atoms with E-state index in [1.165, 1.54) is 0 Å². The van der Waals surface area contributed by atoms with Gasteiger partial charge in [0, 0.05) is 6.04 Å². The van der Waals surface area contributed by atoms with E-state index in [4.69, 9.17) is 4.74 Å². The maximum atomic E-state index is 11.6. The Morgan fingerprint density at radius 3 is 2.14 bits per heavy atom. The second-order valence-electron chi connectivity index (χ2n) is 3.60. The third kappa shape index (κ3) is 3.66. The van der Waals surface area contributed by atoms with Gasteiger partial charge in [0.1, 0.15) is 6.04 Å². The molecule has 0 aromatic heterocycles. The Kier molecular flexibility index (Phi) is 6.54. The molecule has 0 aromatic carbocycles. The van der Waals surface area contributed by atoms with Crippen LogP contribution in [0.15, 0.2) is 0 Å². The molecule has 14 heavy (non-hydrogen) atoms. The molecule has 0 rings (SSSR count). The van der Waals surface area contributed by atoms with Crippen molar-refractivity contribution in [1.29, 1.82) is 0 Å². The highest BCUT2D eigenvalue weighted by molar-refractivity contribution is 5.75. The molecule has 0 bridgehead atoms. The standard InChI is InChI=1S/C11H23NO2/c1-6-10(11(13)14-8-3)12(7-2)9(4)5/h9-10H,6-8H2,1-5H3. The van der Waals surface area contributed by atoms with Gasteiger partial charge in [0.15, 0.2) is 0 Å². The minimum atomic E-state index is -0.0921. The highest BCUT2D eigenvalue weighted by Crippen LogP contribution is 2.10. The quantitative estimate of drug-likeness (QED) is 0.616. The molecule has 0 N–H and O–H groups in total. The smallest absolute Gasteiger partial charge is 0.323 e. The number of ether oxygens (including phenoxy) is 1. The molecule has 0 heterocycles. The Hall–Kier alpha value is -0.570. The van der Waals surface area contributed by atoms with E-state index in [0.29, 0.717) is 12.6 Å². The number of nitrogens with zero attached hydrogens (tertiary/aromatic N) is 1. The van der Waals surface area contributed by atoms with E-state index in [0.717, 1.165) is 13.0 Å². The van der Waals surface area contributed by atoms with Crippen LogP contribution < -0.4 is 0 Å². The summed E-state index contributed by atoms with van der Waals surface area (Å²) in [6.45, 7) is 11.5. The van der Waals surface area contributed by atoms with Crippen LogP contribution in [0.2, 0.25) is 0 Å². The van der Waals surface area contributed by atoms with Gasteiger partial charge < -0.3 is 4.74 Å². The van der Waals surface area contributed by atoms with Crippen molar-refractivity contribution in [3.05, 3.63) is 0 Å². The third-order valence-corrected chi connectivity index (χ3v) is 2.37. The van der Waals surface area contributed by atoms with Crippen molar-refractivity contribution in [2.24, 2.45) is 0 Å². The third-order valence-electron chi connectivity index (χ3n) is 2.37. The van der Waals surface area contributed by atoms with Crippen molar-refractivity contribution >= 4 is 5.97 Å². The van der Waals surface area contributed by atoms with Gasteiger partial charge in [-0.2, -0.15) is 0 Å². The normalized spacial score (nSPS) is 13.4. The van der Waals surface area contributed by atoms with E-state index in [1.54, 1.807) is 0 Å². The largest absolute Gasteiger partial charge is 0.465 e. The van der Waals surface area contributed by atoms with E-state index in [-0.39, 0.29) is 12.0 Å². The zero-order valence-corrected chi connectivity index (χ0v) is 10.0. The number of hydrogen-bond acceptors (Lipinski definition) is 3. The summed E-state index contributed by atoms with van der Waals surface area (Å²) >= 11 is 0. The van der Waals surface area contributed by atoms with Gasteiger partial charge in [-0.05, 0) is 33.7 Å². The molecular formula is C11H23NO2. The van der Waals surface area contributed by atoms with Crippen molar-refractivity contribution in [1.82, 2.24) is 4.90 Å². The second-order valence-corrected chi connectivity index (χ2v) is 3.60. The molecule has 3 nitrogen and oxygen atoms in total. The zero-order chi connectivity index (χ0) is 11.1. The van der Waals surface area contributed by atoms with Crippen LogP contribution >= 0.6 is 0 Å². The summed E-state index contributed by atoms with van der Waals surface area (Å²) in [4.78, 5) is 13.8. The van der Waals surface area contributed by atoms with E-state index in [9.17, 15) is 4.79 Å². The van der Waals surface area contributed by atoms with Crippen molar-refractivity contribution in [3.8, 4) is 0 Å². The van der Waals surface area contributed by atoms with Gasteiger partial charge in [0.25, 0.3) is 0 Å². The van der Waals surface area contributed by atoms with Crippen LogP contribution in [0.25, 0.3) is 0 Å². The van der Waals surface area contributed by atoms with Crippen molar-refractivity contribution in [2.45, 2.75) is 53.1 Å². The zero-order valence-electron chi connectivity index (χ0n) is 10.0. The second kappa shape index (κ2) is 6.82. The van der Waals surface area contributed by atoms with Crippen molar-refractivity contribution < 1.29 is 9.53 Å². The number of hydrogen-bond donors (Lipinski definition) is 0. The summed E-state index contributed by atoms with van der Waals surface area (Å²) in [5.74, 6) is -0.0921.